The quantitative estimate of drug-likeness (QED) is 0.572. The fourth-order valence-electron chi connectivity index (χ4n) is 1.26. The van der Waals surface area contributed by atoms with Crippen molar-refractivity contribution in [3.8, 4) is 23.2 Å². The summed E-state index contributed by atoms with van der Waals surface area (Å²) in [6.07, 6.45) is 3.29. The third-order valence-electron chi connectivity index (χ3n) is 1.96. The highest BCUT2D eigenvalue weighted by Crippen LogP contribution is 2.19. The van der Waals surface area contributed by atoms with Crippen molar-refractivity contribution in [3.05, 3.63) is 18.5 Å². The zero-order valence-electron chi connectivity index (χ0n) is 8.01. The fraction of sp³-hybridized carbons (Fsp3) is 0. The molecular formula is C8H7N7O. The van der Waals surface area contributed by atoms with Gasteiger partial charge in [-0.1, -0.05) is 5.16 Å². The van der Waals surface area contributed by atoms with Gasteiger partial charge in [0, 0.05) is 18.5 Å². The molecule has 8 heteroatoms. The van der Waals surface area contributed by atoms with Crippen molar-refractivity contribution in [2.24, 2.45) is 0 Å². The van der Waals surface area contributed by atoms with Crippen LogP contribution in [0.3, 0.4) is 0 Å². The van der Waals surface area contributed by atoms with E-state index in [-0.39, 0.29) is 0 Å². The van der Waals surface area contributed by atoms with Gasteiger partial charge >= 0.3 is 0 Å². The molecule has 0 fully saturated rings. The summed E-state index contributed by atoms with van der Waals surface area (Å²) >= 11 is 0. The van der Waals surface area contributed by atoms with Crippen molar-refractivity contribution in [1.82, 2.24) is 30.3 Å². The van der Waals surface area contributed by atoms with Crippen LogP contribution in [0, 0.1) is 0 Å². The molecule has 0 spiro atoms. The Morgan fingerprint density at radius 3 is 3.00 bits per heavy atom. The third-order valence-corrected chi connectivity index (χ3v) is 1.96. The van der Waals surface area contributed by atoms with Gasteiger partial charge in [-0.15, -0.1) is 0 Å². The van der Waals surface area contributed by atoms with Crippen LogP contribution >= 0.6 is 0 Å². The second kappa shape index (κ2) is 3.19. The maximum atomic E-state index is 5.47. The molecule has 0 saturated carbocycles. The minimum absolute atomic E-state index is 0.315. The molecule has 0 aliphatic heterocycles. The Morgan fingerprint density at radius 2 is 2.31 bits per heavy atom. The molecule has 0 amide bonds. The number of aromatic nitrogens is 6. The van der Waals surface area contributed by atoms with E-state index in [1.165, 1.54) is 0 Å². The summed E-state index contributed by atoms with van der Waals surface area (Å²) in [5.74, 6) is 1.61. The molecule has 3 heterocycles. The summed E-state index contributed by atoms with van der Waals surface area (Å²) in [6, 6.07) is 1.61. The average molecular weight is 217 g/mol. The largest absolute Gasteiger partial charge is 0.382 e. The topological polar surface area (TPSA) is 122 Å². The van der Waals surface area contributed by atoms with Crippen molar-refractivity contribution in [1.29, 1.82) is 0 Å². The Labute approximate surface area is 88.9 Å². The summed E-state index contributed by atoms with van der Waals surface area (Å²) in [4.78, 5) is 11.0. The number of H-pyrrole nitrogens is 2. The number of nitrogens with two attached hydrogens (primary N) is 1. The molecule has 0 unspecified atom stereocenters. The van der Waals surface area contributed by atoms with Crippen LogP contribution in [-0.4, -0.2) is 30.3 Å². The zero-order chi connectivity index (χ0) is 11.0. The lowest BCUT2D eigenvalue weighted by Gasteiger charge is -1.83. The van der Waals surface area contributed by atoms with Crippen LogP contribution in [0.2, 0.25) is 0 Å². The van der Waals surface area contributed by atoms with E-state index >= 15 is 0 Å². The van der Waals surface area contributed by atoms with Crippen LogP contribution in [-0.2, 0) is 0 Å². The molecule has 0 aromatic carbocycles. The number of nitrogens with zero attached hydrogens (tertiary/aromatic N) is 4. The molecule has 4 N–H and O–H groups in total. The molecule has 3 rings (SSSR count). The lowest BCUT2D eigenvalue weighted by Crippen LogP contribution is -1.83. The van der Waals surface area contributed by atoms with Crippen molar-refractivity contribution in [2.75, 3.05) is 5.73 Å². The monoisotopic (exact) mass is 217 g/mol. The van der Waals surface area contributed by atoms with Gasteiger partial charge in [-0.25, -0.2) is 4.98 Å². The van der Waals surface area contributed by atoms with Gasteiger partial charge in [0.05, 0.1) is 0 Å². The van der Waals surface area contributed by atoms with Crippen LogP contribution in [0.1, 0.15) is 0 Å². The molecule has 3 aromatic heterocycles. The first-order chi connectivity index (χ1) is 7.83. The zero-order valence-corrected chi connectivity index (χ0v) is 8.01. The van der Waals surface area contributed by atoms with E-state index in [9.17, 15) is 0 Å². The predicted molar refractivity (Wildman–Crippen MR) is 53.9 cm³/mol. The Bertz CT molecular complexity index is 593. The number of nitrogens with one attached hydrogen (secondary N) is 2. The number of rotatable bonds is 2. The van der Waals surface area contributed by atoms with Gasteiger partial charge in [-0.2, -0.15) is 10.1 Å². The third kappa shape index (κ3) is 1.32. The number of hydrogen-bond acceptors (Lipinski definition) is 6. The lowest BCUT2D eigenvalue weighted by molar-refractivity contribution is 0.430. The first-order valence-electron chi connectivity index (χ1n) is 4.47. The number of nitrogen functional groups attached to an aromatic ring is 1. The van der Waals surface area contributed by atoms with Crippen LogP contribution in [0.25, 0.3) is 23.2 Å². The first kappa shape index (κ1) is 8.65. The second-order valence-corrected chi connectivity index (χ2v) is 3.07. The van der Waals surface area contributed by atoms with Gasteiger partial charge < -0.3 is 15.2 Å². The van der Waals surface area contributed by atoms with Crippen LogP contribution < -0.4 is 5.73 Å². The Morgan fingerprint density at radius 1 is 1.38 bits per heavy atom. The van der Waals surface area contributed by atoms with E-state index in [2.05, 4.69) is 30.3 Å². The molecule has 16 heavy (non-hydrogen) atoms. The van der Waals surface area contributed by atoms with E-state index in [0.717, 1.165) is 0 Å². The first-order valence-corrected chi connectivity index (χ1v) is 4.47. The number of anilines is 1. The standard InChI is InChI=1S/C8H7N7O/c9-5-3-4(13-14-5)8-12-7(15-16-8)6-10-1-2-11-6/h1-3H,(H,10,11)(H3,9,13,14). The highest BCUT2D eigenvalue weighted by atomic mass is 16.5. The van der Waals surface area contributed by atoms with E-state index in [4.69, 9.17) is 10.3 Å². The highest BCUT2D eigenvalue weighted by molar-refractivity contribution is 5.54. The predicted octanol–water partition coefficient (Wildman–Crippen LogP) is 0.432. The van der Waals surface area contributed by atoms with Gasteiger partial charge in [-0.3, -0.25) is 5.10 Å². The Balaban J connectivity index is 2.00. The highest BCUT2D eigenvalue weighted by Gasteiger charge is 2.13. The van der Waals surface area contributed by atoms with Gasteiger partial charge in [0.25, 0.3) is 5.89 Å². The van der Waals surface area contributed by atoms with Gasteiger partial charge in [-0.05, 0) is 0 Å². The maximum absolute atomic E-state index is 5.47. The summed E-state index contributed by atoms with van der Waals surface area (Å²) in [5, 5.41) is 10.2. The summed E-state index contributed by atoms with van der Waals surface area (Å²) in [7, 11) is 0. The molecule has 0 saturated heterocycles. The lowest BCUT2D eigenvalue weighted by atomic mass is 10.4. The maximum Gasteiger partial charge on any atom is 0.276 e. The molecule has 0 bridgehead atoms. The Kier molecular flexibility index (Phi) is 1.72. The molecule has 3 aromatic rings. The van der Waals surface area contributed by atoms with Crippen LogP contribution in [0.15, 0.2) is 23.0 Å². The van der Waals surface area contributed by atoms with Crippen molar-refractivity contribution >= 4 is 5.82 Å². The van der Waals surface area contributed by atoms with E-state index in [0.29, 0.717) is 29.1 Å². The van der Waals surface area contributed by atoms with E-state index in [1.807, 2.05) is 0 Å². The fourth-order valence-corrected chi connectivity index (χ4v) is 1.26. The summed E-state index contributed by atoms with van der Waals surface area (Å²) < 4.78 is 5.04. The molecule has 0 atom stereocenters. The van der Waals surface area contributed by atoms with E-state index in [1.54, 1.807) is 18.5 Å². The SMILES string of the molecule is Nc1cc(-c2nc(-c3ncc[nH]3)no2)[nH]n1. The van der Waals surface area contributed by atoms with Crippen molar-refractivity contribution in [3.63, 3.8) is 0 Å². The Hall–Kier alpha value is -2.64. The number of hydrogen-bond donors (Lipinski definition) is 3. The summed E-state index contributed by atoms with van der Waals surface area (Å²) in [5.41, 5.74) is 6.04. The van der Waals surface area contributed by atoms with Crippen LogP contribution in [0.4, 0.5) is 5.82 Å². The van der Waals surface area contributed by atoms with Gasteiger partial charge in [0.1, 0.15) is 11.5 Å². The minimum atomic E-state index is 0.315. The molecule has 8 nitrogen and oxygen atoms in total. The number of aromatic amines is 2. The van der Waals surface area contributed by atoms with Crippen molar-refractivity contribution < 1.29 is 4.52 Å². The molecule has 80 valence electrons. The molecule has 0 radical (unpaired) electrons. The average Bonchev–Trinajstić information content (AvgIpc) is 2.97. The van der Waals surface area contributed by atoms with E-state index < -0.39 is 0 Å². The number of imidazole rings is 1. The molecule has 0 aliphatic rings. The van der Waals surface area contributed by atoms with Crippen LogP contribution in [0.5, 0.6) is 0 Å². The second-order valence-electron chi connectivity index (χ2n) is 3.07. The molecule has 0 aliphatic carbocycles. The normalized spacial score (nSPS) is 10.8. The van der Waals surface area contributed by atoms with Gasteiger partial charge in [0.2, 0.25) is 5.82 Å². The molecular weight excluding hydrogens is 210 g/mol. The minimum Gasteiger partial charge on any atom is -0.382 e. The smallest absolute Gasteiger partial charge is 0.276 e. The summed E-state index contributed by atoms with van der Waals surface area (Å²) in [6.45, 7) is 0. The van der Waals surface area contributed by atoms with Crippen molar-refractivity contribution in [2.45, 2.75) is 0 Å². The van der Waals surface area contributed by atoms with Gasteiger partial charge in [0.15, 0.2) is 5.82 Å².